The maximum absolute atomic E-state index is 11.6. The highest BCUT2D eigenvalue weighted by Gasteiger charge is 2.10. The normalized spacial score (nSPS) is 13.8. The van der Waals surface area contributed by atoms with Gasteiger partial charge in [0.15, 0.2) is 0 Å². The Labute approximate surface area is 117 Å². The predicted octanol–water partition coefficient (Wildman–Crippen LogP) is 1.72. The van der Waals surface area contributed by atoms with Crippen LogP contribution >= 0.6 is 0 Å². The molecule has 0 amide bonds. The number of benzene rings is 1. The van der Waals surface area contributed by atoms with Gasteiger partial charge in [0.2, 0.25) is 0 Å². The zero-order chi connectivity index (χ0) is 14.3. The van der Waals surface area contributed by atoms with Crippen molar-refractivity contribution in [3.8, 4) is 0 Å². The Bertz CT molecular complexity index is 448. The van der Waals surface area contributed by atoms with Crippen LogP contribution in [0.3, 0.4) is 0 Å². The highest BCUT2D eigenvalue weighted by Crippen LogP contribution is 2.10. The second kappa shape index (κ2) is 8.07. The molecule has 0 saturated heterocycles. The van der Waals surface area contributed by atoms with Crippen molar-refractivity contribution < 1.29 is 13.7 Å². The van der Waals surface area contributed by atoms with E-state index in [1.54, 1.807) is 12.3 Å². The molecule has 1 aromatic carbocycles. The number of rotatable bonds is 7. The number of nitrogens with one attached hydrogen (secondary N) is 1. The first-order valence-electron chi connectivity index (χ1n) is 6.25. The average Bonchev–Trinajstić information content (AvgIpc) is 2.42. The summed E-state index contributed by atoms with van der Waals surface area (Å²) in [5.41, 5.74) is 1.50. The number of carbonyl (C=O) groups is 1. The molecule has 19 heavy (non-hydrogen) atoms. The highest BCUT2D eigenvalue weighted by atomic mass is 32.2. The van der Waals surface area contributed by atoms with Gasteiger partial charge >= 0.3 is 5.97 Å². The van der Waals surface area contributed by atoms with Gasteiger partial charge in [-0.25, -0.2) is 4.79 Å². The molecule has 0 aliphatic heterocycles. The molecular weight excluding hydrogens is 262 g/mol. The largest absolute Gasteiger partial charge is 0.465 e. The van der Waals surface area contributed by atoms with Crippen LogP contribution in [0.15, 0.2) is 24.3 Å². The minimum atomic E-state index is -0.786. The highest BCUT2D eigenvalue weighted by molar-refractivity contribution is 7.84. The van der Waals surface area contributed by atoms with E-state index in [4.69, 9.17) is 4.74 Å². The molecule has 0 saturated carbocycles. The molecule has 2 unspecified atom stereocenters. The predicted molar refractivity (Wildman–Crippen MR) is 77.6 cm³/mol. The Hall–Kier alpha value is -1.20. The summed E-state index contributed by atoms with van der Waals surface area (Å²) in [5, 5.41) is 3.45. The number of methoxy groups -OCH3 is 1. The third kappa shape index (κ3) is 5.12. The number of carbonyl (C=O) groups excluding carboxylic acids is 1. The molecule has 1 aromatic rings. The maximum atomic E-state index is 11.6. The minimum Gasteiger partial charge on any atom is -0.465 e. The monoisotopic (exact) mass is 283 g/mol. The van der Waals surface area contributed by atoms with Gasteiger partial charge in [-0.3, -0.25) is 4.21 Å². The van der Waals surface area contributed by atoms with Crippen molar-refractivity contribution in [2.24, 2.45) is 0 Å². The van der Waals surface area contributed by atoms with Gasteiger partial charge in [-0.05, 0) is 24.6 Å². The standard InChI is InChI=1S/C14H21NO3S/c1-11(19(3)17)8-9-15-10-12-6-4-5-7-13(12)14(16)18-2/h4-7,11,15H,8-10H2,1-3H3. The molecule has 0 spiro atoms. The lowest BCUT2D eigenvalue weighted by molar-refractivity contribution is 0.0599. The number of ether oxygens (including phenoxy) is 1. The molecule has 106 valence electrons. The Kier molecular flexibility index (Phi) is 6.73. The second-order valence-electron chi connectivity index (χ2n) is 4.42. The van der Waals surface area contributed by atoms with E-state index >= 15 is 0 Å². The van der Waals surface area contributed by atoms with E-state index < -0.39 is 10.8 Å². The number of hydrogen-bond acceptors (Lipinski definition) is 4. The van der Waals surface area contributed by atoms with Crippen molar-refractivity contribution in [1.82, 2.24) is 5.32 Å². The summed E-state index contributed by atoms with van der Waals surface area (Å²) in [6, 6.07) is 7.37. The third-order valence-corrected chi connectivity index (χ3v) is 4.40. The van der Waals surface area contributed by atoms with Gasteiger partial charge in [0, 0.05) is 28.9 Å². The summed E-state index contributed by atoms with van der Waals surface area (Å²) >= 11 is 0. The molecule has 0 fully saturated rings. The van der Waals surface area contributed by atoms with Gasteiger partial charge in [-0.15, -0.1) is 0 Å². The number of esters is 1. The Balaban J connectivity index is 2.49. The van der Waals surface area contributed by atoms with Crippen molar-refractivity contribution in [2.45, 2.75) is 25.1 Å². The van der Waals surface area contributed by atoms with E-state index in [0.29, 0.717) is 12.1 Å². The molecule has 5 heteroatoms. The van der Waals surface area contributed by atoms with Crippen LogP contribution in [0.2, 0.25) is 0 Å². The first-order chi connectivity index (χ1) is 9.06. The second-order valence-corrected chi connectivity index (χ2v) is 6.23. The van der Waals surface area contributed by atoms with Crippen LogP contribution in [0.5, 0.6) is 0 Å². The van der Waals surface area contributed by atoms with Crippen LogP contribution in [0.4, 0.5) is 0 Å². The first kappa shape index (κ1) is 15.9. The fraction of sp³-hybridized carbons (Fsp3) is 0.500. The van der Waals surface area contributed by atoms with E-state index in [1.165, 1.54) is 7.11 Å². The summed E-state index contributed by atoms with van der Waals surface area (Å²) in [6.07, 6.45) is 2.57. The zero-order valence-corrected chi connectivity index (χ0v) is 12.5. The Morgan fingerprint density at radius 1 is 1.42 bits per heavy atom. The molecule has 0 aliphatic carbocycles. The molecule has 0 bridgehead atoms. The van der Waals surface area contributed by atoms with E-state index in [0.717, 1.165) is 18.5 Å². The molecule has 0 heterocycles. The van der Waals surface area contributed by atoms with Crippen molar-refractivity contribution in [1.29, 1.82) is 0 Å². The van der Waals surface area contributed by atoms with E-state index in [1.807, 2.05) is 25.1 Å². The third-order valence-electron chi connectivity index (χ3n) is 3.03. The average molecular weight is 283 g/mol. The Morgan fingerprint density at radius 2 is 2.11 bits per heavy atom. The Morgan fingerprint density at radius 3 is 2.74 bits per heavy atom. The SMILES string of the molecule is COC(=O)c1ccccc1CNCCC(C)S(C)=O. The van der Waals surface area contributed by atoms with E-state index in [9.17, 15) is 9.00 Å². The van der Waals surface area contributed by atoms with Gasteiger partial charge in [0.25, 0.3) is 0 Å². The lowest BCUT2D eigenvalue weighted by Crippen LogP contribution is -2.22. The van der Waals surface area contributed by atoms with Gasteiger partial charge in [0.1, 0.15) is 0 Å². The van der Waals surface area contributed by atoms with Crippen LogP contribution in [0.1, 0.15) is 29.3 Å². The van der Waals surface area contributed by atoms with Crippen LogP contribution in [0.25, 0.3) is 0 Å². The smallest absolute Gasteiger partial charge is 0.338 e. The van der Waals surface area contributed by atoms with Crippen LogP contribution in [0, 0.1) is 0 Å². The lowest BCUT2D eigenvalue weighted by Gasteiger charge is -2.11. The van der Waals surface area contributed by atoms with E-state index in [-0.39, 0.29) is 11.2 Å². The zero-order valence-electron chi connectivity index (χ0n) is 11.6. The van der Waals surface area contributed by atoms with Gasteiger partial charge in [-0.2, -0.15) is 0 Å². The maximum Gasteiger partial charge on any atom is 0.338 e. The molecule has 2 atom stereocenters. The summed E-state index contributed by atoms with van der Waals surface area (Å²) < 4.78 is 16.0. The topological polar surface area (TPSA) is 55.4 Å². The van der Waals surface area contributed by atoms with Crippen LogP contribution in [-0.4, -0.2) is 35.3 Å². The summed E-state index contributed by atoms with van der Waals surface area (Å²) in [7, 11) is 0.594. The molecule has 0 aliphatic rings. The molecule has 1 N–H and O–H groups in total. The van der Waals surface area contributed by atoms with Crippen molar-refractivity contribution >= 4 is 16.8 Å². The lowest BCUT2D eigenvalue weighted by atomic mass is 10.1. The molecule has 0 radical (unpaired) electrons. The quantitative estimate of drug-likeness (QED) is 0.611. The van der Waals surface area contributed by atoms with E-state index in [2.05, 4.69) is 5.32 Å². The molecule has 4 nitrogen and oxygen atoms in total. The summed E-state index contributed by atoms with van der Waals surface area (Å²) in [6.45, 7) is 3.35. The minimum absolute atomic E-state index is 0.184. The van der Waals surface area contributed by atoms with Gasteiger partial charge in [-0.1, -0.05) is 25.1 Å². The molecular formula is C14H21NO3S. The first-order valence-corrected chi connectivity index (χ1v) is 7.87. The summed E-state index contributed by atoms with van der Waals surface area (Å²) in [5.74, 6) is -0.319. The molecule has 0 aromatic heterocycles. The van der Waals surface area contributed by atoms with Gasteiger partial charge in [0.05, 0.1) is 12.7 Å². The van der Waals surface area contributed by atoms with Crippen molar-refractivity contribution in [3.63, 3.8) is 0 Å². The van der Waals surface area contributed by atoms with Crippen molar-refractivity contribution in [3.05, 3.63) is 35.4 Å². The number of hydrogen-bond donors (Lipinski definition) is 1. The van der Waals surface area contributed by atoms with Crippen molar-refractivity contribution in [2.75, 3.05) is 19.9 Å². The van der Waals surface area contributed by atoms with Crippen LogP contribution < -0.4 is 5.32 Å². The fourth-order valence-corrected chi connectivity index (χ4v) is 2.13. The van der Waals surface area contributed by atoms with Crippen LogP contribution in [-0.2, 0) is 22.1 Å². The van der Waals surface area contributed by atoms with Gasteiger partial charge < -0.3 is 10.1 Å². The molecule has 1 rings (SSSR count). The fourth-order valence-electron chi connectivity index (χ4n) is 1.68. The summed E-state index contributed by atoms with van der Waals surface area (Å²) in [4.78, 5) is 11.6.